The van der Waals surface area contributed by atoms with Crippen molar-refractivity contribution in [1.29, 1.82) is 0 Å². The number of aromatic amines is 1. The normalized spacial score (nSPS) is 19.2. The molecule has 4 N–H and O–H groups in total. The number of carbonyl (C=O) groups is 3. The summed E-state index contributed by atoms with van der Waals surface area (Å²) in [6.07, 6.45) is 3.40. The van der Waals surface area contributed by atoms with Gasteiger partial charge >= 0.3 is 6.03 Å². The van der Waals surface area contributed by atoms with Crippen molar-refractivity contribution in [3.05, 3.63) is 53.7 Å². The van der Waals surface area contributed by atoms with Crippen molar-refractivity contribution in [3.63, 3.8) is 0 Å². The fraction of sp³-hybridized carbons (Fsp3) is 0.433. The van der Waals surface area contributed by atoms with E-state index in [9.17, 15) is 14.4 Å². The van der Waals surface area contributed by atoms with Crippen molar-refractivity contribution in [2.45, 2.75) is 64.8 Å². The van der Waals surface area contributed by atoms with Crippen LogP contribution in [-0.2, 0) is 22.6 Å². The van der Waals surface area contributed by atoms with Crippen LogP contribution in [0.4, 0.5) is 9.93 Å². The van der Waals surface area contributed by atoms with Crippen LogP contribution < -0.4 is 11.1 Å². The summed E-state index contributed by atoms with van der Waals surface area (Å²) >= 11 is 1.41. The number of amides is 4. The third kappa shape index (κ3) is 5.50. The van der Waals surface area contributed by atoms with Gasteiger partial charge in [0.05, 0.1) is 35.0 Å². The van der Waals surface area contributed by atoms with E-state index < -0.39 is 12.2 Å². The summed E-state index contributed by atoms with van der Waals surface area (Å²) in [5.41, 5.74) is 9.51. The molecule has 13 heteroatoms. The van der Waals surface area contributed by atoms with Gasteiger partial charge in [-0.3, -0.25) is 19.7 Å². The van der Waals surface area contributed by atoms with E-state index in [0.29, 0.717) is 24.6 Å². The number of anilines is 1. The van der Waals surface area contributed by atoms with E-state index in [-0.39, 0.29) is 37.0 Å². The fourth-order valence-corrected chi connectivity index (χ4v) is 6.95. The van der Waals surface area contributed by atoms with E-state index in [2.05, 4.69) is 27.4 Å². The largest absolute Gasteiger partial charge is 0.375 e. The first kappa shape index (κ1) is 28.9. The Morgan fingerprint density at radius 1 is 1.26 bits per heavy atom. The molecule has 2 fully saturated rings. The number of carbonyl (C=O) groups excluding carboxylic acids is 3. The molecule has 226 valence electrons. The molecule has 6 rings (SSSR count). The van der Waals surface area contributed by atoms with E-state index in [0.717, 1.165) is 45.1 Å². The highest BCUT2D eigenvalue weighted by Crippen LogP contribution is 2.33. The molecule has 0 radical (unpaired) electrons. The van der Waals surface area contributed by atoms with Crippen LogP contribution >= 0.6 is 11.3 Å². The summed E-state index contributed by atoms with van der Waals surface area (Å²) in [5, 5.41) is 15.0. The monoisotopic (exact) mass is 603 g/mol. The Bertz CT molecular complexity index is 1670. The number of fused-ring (bicyclic) bond motifs is 3. The van der Waals surface area contributed by atoms with Gasteiger partial charge in [-0.05, 0) is 49.6 Å². The van der Waals surface area contributed by atoms with E-state index in [1.165, 1.54) is 11.3 Å². The Morgan fingerprint density at radius 2 is 2.09 bits per heavy atom. The number of hydrazine groups is 1. The Balaban J connectivity index is 1.36. The molecule has 2 aromatic carbocycles. The zero-order valence-corrected chi connectivity index (χ0v) is 25.4. The van der Waals surface area contributed by atoms with Crippen molar-refractivity contribution in [1.82, 2.24) is 40.3 Å². The predicted molar refractivity (Wildman–Crippen MR) is 166 cm³/mol. The lowest BCUT2D eigenvalue weighted by atomic mass is 9.99. The summed E-state index contributed by atoms with van der Waals surface area (Å²) in [4.78, 5) is 49.4. The first-order chi connectivity index (χ1) is 20.7. The lowest BCUT2D eigenvalue weighted by Crippen LogP contribution is -2.66. The van der Waals surface area contributed by atoms with Crippen molar-refractivity contribution in [2.24, 2.45) is 0 Å². The summed E-state index contributed by atoms with van der Waals surface area (Å²) in [6, 6.07) is 10.6. The average Bonchev–Trinajstić information content (AvgIpc) is 3.67. The Labute approximate surface area is 253 Å². The van der Waals surface area contributed by atoms with Crippen LogP contribution in [0.2, 0.25) is 0 Å². The maximum Gasteiger partial charge on any atom is 0.332 e. The number of para-hydroxylation sites is 1. The van der Waals surface area contributed by atoms with E-state index in [1.54, 1.807) is 21.0 Å². The van der Waals surface area contributed by atoms with Gasteiger partial charge in [0.15, 0.2) is 5.13 Å². The molecular weight excluding hydrogens is 566 g/mol. The van der Waals surface area contributed by atoms with Crippen molar-refractivity contribution >= 4 is 55.4 Å². The maximum absolute atomic E-state index is 14.3. The van der Waals surface area contributed by atoms with E-state index in [4.69, 9.17) is 5.73 Å². The van der Waals surface area contributed by atoms with Gasteiger partial charge in [-0.15, -0.1) is 0 Å². The molecule has 0 aliphatic carbocycles. The third-order valence-electron chi connectivity index (χ3n) is 8.16. The third-order valence-corrected chi connectivity index (χ3v) is 9.01. The van der Waals surface area contributed by atoms with Gasteiger partial charge in [0, 0.05) is 30.9 Å². The molecule has 2 aliphatic heterocycles. The van der Waals surface area contributed by atoms with Crippen molar-refractivity contribution in [3.8, 4) is 0 Å². The van der Waals surface area contributed by atoms with Gasteiger partial charge < -0.3 is 20.9 Å². The number of hydrogen-bond donors (Lipinski definition) is 3. The number of nitrogens with zero attached hydrogens (tertiary/aromatic N) is 6. The number of nitrogens with one attached hydrogen (secondary N) is 2. The minimum Gasteiger partial charge on any atom is -0.375 e. The highest BCUT2D eigenvalue weighted by Gasteiger charge is 2.52. The second-order valence-electron chi connectivity index (χ2n) is 11.4. The molecule has 2 aliphatic rings. The molecule has 0 bridgehead atoms. The molecule has 12 nitrogen and oxygen atoms in total. The lowest BCUT2D eigenvalue weighted by molar-refractivity contribution is -0.158. The van der Waals surface area contributed by atoms with Crippen molar-refractivity contribution in [2.75, 3.05) is 25.4 Å². The number of hydrogen-bond acceptors (Lipinski definition) is 8. The number of nitrogen functional groups attached to an aromatic ring is 1. The molecule has 4 heterocycles. The van der Waals surface area contributed by atoms with Gasteiger partial charge in [-0.1, -0.05) is 42.9 Å². The van der Waals surface area contributed by atoms with Gasteiger partial charge in [0.1, 0.15) is 12.2 Å². The molecule has 2 aromatic heterocycles. The highest BCUT2D eigenvalue weighted by molar-refractivity contribution is 7.22. The number of rotatable bonds is 9. The minimum atomic E-state index is -0.738. The summed E-state index contributed by atoms with van der Waals surface area (Å²) in [6.45, 7) is 7.07. The Kier molecular flexibility index (Phi) is 7.93. The topological polar surface area (TPSA) is 144 Å². The number of unbranched alkanes of at least 4 members (excludes halogenated alkanes) is 1. The number of thiazole rings is 1. The number of urea groups is 1. The van der Waals surface area contributed by atoms with Crippen LogP contribution in [0.5, 0.6) is 0 Å². The molecule has 0 spiro atoms. The number of aromatic nitrogens is 3. The second-order valence-corrected chi connectivity index (χ2v) is 12.5. The number of H-pyrrole nitrogens is 1. The van der Waals surface area contributed by atoms with Gasteiger partial charge in [-0.2, -0.15) is 10.1 Å². The van der Waals surface area contributed by atoms with Crippen LogP contribution in [0.25, 0.3) is 21.1 Å². The number of benzene rings is 2. The average molecular weight is 604 g/mol. The Morgan fingerprint density at radius 3 is 2.88 bits per heavy atom. The molecule has 2 saturated heterocycles. The SMILES string of the molecule is CCCCNC(=O)N(C(C)C)N1CC(=O)N2[C@@H](Cc3ccc4[nH]ncc4c3)C(=O)N(Cc3cccc4sc(N)nc34)C[C@@H]21. The van der Waals surface area contributed by atoms with Crippen molar-refractivity contribution < 1.29 is 14.4 Å². The van der Waals surface area contributed by atoms with Gasteiger partial charge in [0.25, 0.3) is 0 Å². The zero-order chi connectivity index (χ0) is 30.2. The van der Waals surface area contributed by atoms with E-state index >= 15 is 0 Å². The molecular formula is C30H37N9O3S. The molecule has 2 atom stereocenters. The first-order valence-electron chi connectivity index (χ1n) is 14.7. The number of nitrogens with two attached hydrogens (primary N) is 1. The predicted octanol–water partition coefficient (Wildman–Crippen LogP) is 3.31. The van der Waals surface area contributed by atoms with Crippen LogP contribution in [0, 0.1) is 0 Å². The zero-order valence-electron chi connectivity index (χ0n) is 24.6. The molecule has 4 amide bonds. The quantitative estimate of drug-likeness (QED) is 0.249. The second kappa shape index (κ2) is 11.8. The first-order valence-corrected chi connectivity index (χ1v) is 15.6. The van der Waals surface area contributed by atoms with Crippen LogP contribution in [0.15, 0.2) is 42.6 Å². The summed E-state index contributed by atoms with van der Waals surface area (Å²) < 4.78 is 0.957. The van der Waals surface area contributed by atoms with E-state index in [1.807, 2.05) is 55.3 Å². The van der Waals surface area contributed by atoms with Crippen LogP contribution in [0.3, 0.4) is 0 Å². The van der Waals surface area contributed by atoms with Gasteiger partial charge in [-0.25, -0.2) is 9.78 Å². The fourth-order valence-electron chi connectivity index (χ4n) is 6.16. The standard InChI is InChI=1S/C30H37N9O3S/c1-4-5-11-32-30(42)39(18(2)3)37-17-26(40)38-23(13-19-9-10-22-21(12-19)14-33-35-22)28(41)36(16-25(37)38)15-20-7-6-8-24-27(20)34-29(31)43-24/h6-10,12,14,18,23,25H,4-5,11,13,15-17H2,1-3H3,(H2,31,34)(H,32,42)(H,33,35)/t23-,25+/m0/s1. The smallest absolute Gasteiger partial charge is 0.332 e. The minimum absolute atomic E-state index is 0.0145. The maximum atomic E-state index is 14.3. The summed E-state index contributed by atoms with van der Waals surface area (Å²) in [5.74, 6) is -0.309. The molecule has 4 aromatic rings. The molecule has 0 unspecified atom stereocenters. The molecule has 43 heavy (non-hydrogen) atoms. The lowest BCUT2D eigenvalue weighted by Gasteiger charge is -2.47. The van der Waals surface area contributed by atoms with Gasteiger partial charge in [0.2, 0.25) is 11.8 Å². The highest BCUT2D eigenvalue weighted by atomic mass is 32.1. The molecule has 0 saturated carbocycles. The number of piperazine rings is 1. The van der Waals surface area contributed by atoms with Crippen LogP contribution in [0.1, 0.15) is 44.7 Å². The van der Waals surface area contributed by atoms with Crippen LogP contribution in [-0.4, -0.2) is 90.7 Å². The summed E-state index contributed by atoms with van der Waals surface area (Å²) in [7, 11) is 0. The Hall–Kier alpha value is -4.23.